The first-order chi connectivity index (χ1) is 8.09. The van der Waals surface area contributed by atoms with Gasteiger partial charge in [-0.05, 0) is 6.07 Å². The quantitative estimate of drug-likeness (QED) is 0.793. The Hall–Kier alpha value is -1.58. The number of aromatic nitrogens is 5. The van der Waals surface area contributed by atoms with Crippen molar-refractivity contribution in [3.05, 3.63) is 29.3 Å². The van der Waals surface area contributed by atoms with Gasteiger partial charge in [0, 0.05) is 12.4 Å². The third kappa shape index (κ3) is 2.75. The van der Waals surface area contributed by atoms with Crippen molar-refractivity contribution in [1.82, 2.24) is 30.3 Å². The van der Waals surface area contributed by atoms with Crippen LogP contribution in [0.5, 0.6) is 0 Å². The molecular weight excluding hydrogens is 268 g/mol. The lowest BCUT2D eigenvalue weighted by Gasteiger charge is -2.05. The van der Waals surface area contributed by atoms with E-state index in [0.717, 1.165) is 0 Å². The highest BCUT2D eigenvalue weighted by molar-refractivity contribution is 7.89. The van der Waals surface area contributed by atoms with E-state index >= 15 is 0 Å². The third-order valence-electron chi connectivity index (χ3n) is 1.83. The van der Waals surface area contributed by atoms with Gasteiger partial charge in [0.15, 0.2) is 5.82 Å². The van der Waals surface area contributed by atoms with Crippen molar-refractivity contribution in [3.63, 3.8) is 0 Å². The molecule has 0 aliphatic carbocycles. The Labute approximate surface area is 101 Å². The van der Waals surface area contributed by atoms with Crippen LogP contribution in [0.2, 0.25) is 5.02 Å². The van der Waals surface area contributed by atoms with Crippen molar-refractivity contribution in [2.45, 2.75) is 11.4 Å². The van der Waals surface area contributed by atoms with Crippen LogP contribution in [0.25, 0.3) is 0 Å². The number of sulfonamides is 1. The molecule has 2 aromatic heterocycles. The fourth-order valence-electron chi connectivity index (χ4n) is 1.06. The van der Waals surface area contributed by atoms with Gasteiger partial charge in [-0.1, -0.05) is 16.8 Å². The number of rotatable bonds is 4. The molecule has 10 heteroatoms. The minimum atomic E-state index is -3.73. The summed E-state index contributed by atoms with van der Waals surface area (Å²) < 4.78 is 25.9. The molecule has 90 valence electrons. The summed E-state index contributed by atoms with van der Waals surface area (Å²) in [7, 11) is -3.73. The molecule has 2 rings (SSSR count). The Bertz CT molecular complexity index is 599. The molecular formula is C7H7ClN6O2S. The standard InChI is InChI=1S/C7H7ClN6O2S/c8-5-1-2-9-3-6(5)17(15,16)10-4-7-11-13-14-12-7/h1-3,10H,4H2,(H,11,12,13,14). The summed E-state index contributed by atoms with van der Waals surface area (Å²) in [4.78, 5) is 3.61. The van der Waals surface area contributed by atoms with Crippen molar-refractivity contribution in [3.8, 4) is 0 Å². The molecule has 0 amide bonds. The molecule has 8 nitrogen and oxygen atoms in total. The van der Waals surface area contributed by atoms with E-state index in [1.165, 1.54) is 18.5 Å². The van der Waals surface area contributed by atoms with Gasteiger partial charge >= 0.3 is 0 Å². The highest BCUT2D eigenvalue weighted by Gasteiger charge is 2.18. The molecule has 2 aromatic rings. The minimum absolute atomic E-state index is 0.0793. The molecule has 17 heavy (non-hydrogen) atoms. The molecule has 0 saturated carbocycles. The lowest BCUT2D eigenvalue weighted by atomic mass is 10.5. The summed E-state index contributed by atoms with van der Waals surface area (Å²) >= 11 is 5.76. The molecule has 0 spiro atoms. The number of pyridine rings is 1. The Kier molecular flexibility index (Phi) is 3.31. The van der Waals surface area contributed by atoms with Crippen molar-refractivity contribution < 1.29 is 8.42 Å². The molecule has 0 unspecified atom stereocenters. The zero-order valence-electron chi connectivity index (χ0n) is 8.33. The fraction of sp³-hybridized carbons (Fsp3) is 0.143. The second-order valence-corrected chi connectivity index (χ2v) is 5.10. The lowest BCUT2D eigenvalue weighted by Crippen LogP contribution is -2.24. The van der Waals surface area contributed by atoms with Crippen LogP contribution in [-0.4, -0.2) is 34.0 Å². The topological polar surface area (TPSA) is 114 Å². The zero-order valence-corrected chi connectivity index (χ0v) is 9.90. The van der Waals surface area contributed by atoms with Crippen LogP contribution >= 0.6 is 11.6 Å². The van der Waals surface area contributed by atoms with E-state index in [9.17, 15) is 8.42 Å². The van der Waals surface area contributed by atoms with Crippen LogP contribution in [0.3, 0.4) is 0 Å². The zero-order chi connectivity index (χ0) is 12.3. The van der Waals surface area contributed by atoms with Gasteiger partial charge in [0.25, 0.3) is 0 Å². The Balaban J connectivity index is 2.17. The van der Waals surface area contributed by atoms with Crippen LogP contribution in [0, 0.1) is 0 Å². The predicted molar refractivity (Wildman–Crippen MR) is 57.5 cm³/mol. The molecule has 0 fully saturated rings. The van der Waals surface area contributed by atoms with E-state index in [4.69, 9.17) is 11.6 Å². The number of nitrogens with one attached hydrogen (secondary N) is 2. The summed E-state index contributed by atoms with van der Waals surface area (Å²) in [6.07, 6.45) is 2.57. The number of halogens is 1. The molecule has 0 atom stereocenters. The molecule has 0 saturated heterocycles. The van der Waals surface area contributed by atoms with Gasteiger partial charge in [0.1, 0.15) is 4.90 Å². The van der Waals surface area contributed by atoms with Crippen LogP contribution < -0.4 is 4.72 Å². The first-order valence-electron chi connectivity index (χ1n) is 4.41. The van der Waals surface area contributed by atoms with Gasteiger partial charge in [0.05, 0.1) is 11.6 Å². The van der Waals surface area contributed by atoms with Crippen LogP contribution in [-0.2, 0) is 16.6 Å². The first kappa shape index (κ1) is 11.9. The maximum absolute atomic E-state index is 11.8. The maximum atomic E-state index is 11.8. The van der Waals surface area contributed by atoms with Gasteiger partial charge in [-0.15, -0.1) is 10.2 Å². The highest BCUT2D eigenvalue weighted by Crippen LogP contribution is 2.18. The van der Waals surface area contributed by atoms with E-state index in [1.54, 1.807) is 0 Å². The molecule has 2 heterocycles. The van der Waals surface area contributed by atoms with E-state index in [2.05, 4.69) is 30.3 Å². The smallest absolute Gasteiger partial charge is 0.244 e. The number of aromatic amines is 1. The lowest BCUT2D eigenvalue weighted by molar-refractivity contribution is 0.579. The number of hydrogen-bond acceptors (Lipinski definition) is 6. The first-order valence-corrected chi connectivity index (χ1v) is 6.27. The Morgan fingerprint density at radius 3 is 2.94 bits per heavy atom. The second kappa shape index (κ2) is 4.73. The minimum Gasteiger partial charge on any atom is -0.263 e. The van der Waals surface area contributed by atoms with Crippen LogP contribution in [0.4, 0.5) is 0 Å². The number of H-pyrrole nitrogens is 1. The molecule has 2 N–H and O–H groups in total. The van der Waals surface area contributed by atoms with Crippen molar-refractivity contribution in [2.24, 2.45) is 0 Å². The second-order valence-electron chi connectivity index (χ2n) is 2.96. The van der Waals surface area contributed by atoms with Crippen molar-refractivity contribution in [1.29, 1.82) is 0 Å². The fourth-order valence-corrected chi connectivity index (χ4v) is 2.46. The van der Waals surface area contributed by atoms with Gasteiger partial charge < -0.3 is 0 Å². The summed E-state index contributed by atoms with van der Waals surface area (Å²) in [5.74, 6) is 0.230. The van der Waals surface area contributed by atoms with Gasteiger partial charge in [-0.2, -0.15) is 5.21 Å². The van der Waals surface area contributed by atoms with Gasteiger partial charge in [-0.3, -0.25) is 4.98 Å². The van der Waals surface area contributed by atoms with Crippen molar-refractivity contribution >= 4 is 21.6 Å². The van der Waals surface area contributed by atoms with Crippen LogP contribution in [0.1, 0.15) is 5.82 Å². The summed E-state index contributed by atoms with van der Waals surface area (Å²) in [6.45, 7) is -0.0793. The summed E-state index contributed by atoms with van der Waals surface area (Å²) in [6, 6.07) is 1.39. The van der Waals surface area contributed by atoms with Crippen LogP contribution in [0.15, 0.2) is 23.4 Å². The summed E-state index contributed by atoms with van der Waals surface area (Å²) in [5, 5.41) is 12.8. The third-order valence-corrected chi connectivity index (χ3v) is 3.70. The monoisotopic (exact) mass is 274 g/mol. The number of hydrogen-bond donors (Lipinski definition) is 2. The largest absolute Gasteiger partial charge is 0.263 e. The SMILES string of the molecule is O=S(=O)(NCc1nn[nH]n1)c1cnccc1Cl. The van der Waals surface area contributed by atoms with Gasteiger partial charge in [-0.25, -0.2) is 13.1 Å². The Morgan fingerprint density at radius 2 is 2.29 bits per heavy atom. The number of nitrogens with zero attached hydrogens (tertiary/aromatic N) is 4. The van der Waals surface area contributed by atoms with Gasteiger partial charge in [0.2, 0.25) is 10.0 Å². The molecule has 0 aliphatic rings. The average Bonchev–Trinajstić information content (AvgIpc) is 2.80. The average molecular weight is 275 g/mol. The number of tetrazole rings is 1. The normalized spacial score (nSPS) is 11.6. The van der Waals surface area contributed by atoms with E-state index in [0.29, 0.717) is 0 Å². The van der Waals surface area contributed by atoms with Crippen molar-refractivity contribution in [2.75, 3.05) is 0 Å². The molecule has 0 bridgehead atoms. The molecule has 0 radical (unpaired) electrons. The van der Waals surface area contributed by atoms with E-state index < -0.39 is 10.0 Å². The van der Waals surface area contributed by atoms with E-state index in [1.807, 2.05) is 0 Å². The Morgan fingerprint density at radius 1 is 1.47 bits per heavy atom. The maximum Gasteiger partial charge on any atom is 0.244 e. The summed E-state index contributed by atoms with van der Waals surface area (Å²) in [5.41, 5.74) is 0. The molecule has 0 aromatic carbocycles. The highest BCUT2D eigenvalue weighted by atomic mass is 35.5. The molecule has 0 aliphatic heterocycles. The van der Waals surface area contributed by atoms with E-state index in [-0.39, 0.29) is 22.3 Å². The predicted octanol–water partition coefficient (Wildman–Crippen LogP) is -0.273.